The molecule has 0 saturated heterocycles. The van der Waals surface area contributed by atoms with E-state index in [9.17, 15) is 4.79 Å². The molecule has 0 radical (unpaired) electrons. The van der Waals surface area contributed by atoms with Gasteiger partial charge in [-0.2, -0.15) is 5.10 Å². The molecule has 0 saturated carbocycles. The fraction of sp³-hybridized carbons (Fsp3) is 0.714. The molecule has 0 amide bonds. The summed E-state index contributed by atoms with van der Waals surface area (Å²) < 4.78 is 7.83. The van der Waals surface area contributed by atoms with Gasteiger partial charge in [0, 0.05) is 14.2 Å². The van der Waals surface area contributed by atoms with Crippen molar-refractivity contribution in [1.82, 2.24) is 14.3 Å². The Labute approximate surface area is 70.6 Å². The van der Waals surface area contributed by atoms with Gasteiger partial charge in [0.2, 0.25) is 0 Å². The molecule has 1 atom stereocenters. The van der Waals surface area contributed by atoms with Gasteiger partial charge in [-0.3, -0.25) is 4.57 Å². The summed E-state index contributed by atoms with van der Waals surface area (Å²) in [6.07, 6.45) is 1.50. The molecular formula is C7H13N3O2. The van der Waals surface area contributed by atoms with Gasteiger partial charge >= 0.3 is 5.69 Å². The van der Waals surface area contributed by atoms with E-state index in [0.29, 0.717) is 6.54 Å². The van der Waals surface area contributed by atoms with E-state index in [2.05, 4.69) is 5.10 Å². The number of hydrogen-bond donors (Lipinski definition) is 0. The van der Waals surface area contributed by atoms with E-state index < -0.39 is 0 Å². The molecule has 5 nitrogen and oxygen atoms in total. The van der Waals surface area contributed by atoms with Crippen molar-refractivity contribution in [1.29, 1.82) is 0 Å². The summed E-state index contributed by atoms with van der Waals surface area (Å²) in [4.78, 5) is 11.2. The number of nitrogens with zero attached hydrogens (tertiary/aromatic N) is 3. The lowest BCUT2D eigenvalue weighted by Crippen LogP contribution is -2.27. The highest BCUT2D eigenvalue weighted by atomic mass is 16.5. The zero-order valence-corrected chi connectivity index (χ0v) is 7.52. The van der Waals surface area contributed by atoms with Crippen LogP contribution in [0.5, 0.6) is 0 Å². The fourth-order valence-corrected chi connectivity index (χ4v) is 0.864. The first-order valence-corrected chi connectivity index (χ1v) is 3.76. The van der Waals surface area contributed by atoms with Gasteiger partial charge in [-0.1, -0.05) is 0 Å². The SMILES string of the molecule is COC(C)Cn1ncn(C)c1=O. The van der Waals surface area contributed by atoms with E-state index in [4.69, 9.17) is 4.74 Å². The Bertz CT molecular complexity index is 302. The average molecular weight is 171 g/mol. The Hall–Kier alpha value is -1.10. The predicted molar refractivity (Wildman–Crippen MR) is 43.9 cm³/mol. The van der Waals surface area contributed by atoms with Gasteiger partial charge in [0.1, 0.15) is 6.33 Å². The highest BCUT2D eigenvalue weighted by molar-refractivity contribution is 4.66. The molecule has 0 spiro atoms. The molecule has 0 aliphatic rings. The number of aryl methyl sites for hydroxylation is 1. The third-order valence-electron chi connectivity index (χ3n) is 1.72. The maximum absolute atomic E-state index is 11.2. The Morgan fingerprint density at radius 3 is 2.83 bits per heavy atom. The van der Waals surface area contributed by atoms with Crippen molar-refractivity contribution in [3.8, 4) is 0 Å². The maximum Gasteiger partial charge on any atom is 0.345 e. The Kier molecular flexibility index (Phi) is 2.65. The van der Waals surface area contributed by atoms with Gasteiger partial charge in [-0.05, 0) is 6.92 Å². The minimum Gasteiger partial charge on any atom is -0.380 e. The molecule has 0 aliphatic heterocycles. The van der Waals surface area contributed by atoms with Crippen LogP contribution in [-0.2, 0) is 18.3 Å². The summed E-state index contributed by atoms with van der Waals surface area (Å²) in [7, 11) is 3.28. The summed E-state index contributed by atoms with van der Waals surface area (Å²) in [6, 6.07) is 0. The maximum atomic E-state index is 11.2. The summed E-state index contributed by atoms with van der Waals surface area (Å²) >= 11 is 0. The largest absolute Gasteiger partial charge is 0.380 e. The lowest BCUT2D eigenvalue weighted by Gasteiger charge is -2.06. The highest BCUT2D eigenvalue weighted by Crippen LogP contribution is 1.89. The van der Waals surface area contributed by atoms with Crippen LogP contribution in [0.3, 0.4) is 0 Å². The Morgan fingerprint density at radius 1 is 1.75 bits per heavy atom. The molecular weight excluding hydrogens is 158 g/mol. The molecule has 0 fully saturated rings. The van der Waals surface area contributed by atoms with Gasteiger partial charge in [0.15, 0.2) is 0 Å². The van der Waals surface area contributed by atoms with Crippen LogP contribution in [0.4, 0.5) is 0 Å². The molecule has 12 heavy (non-hydrogen) atoms. The standard InChI is InChI=1S/C7H13N3O2/c1-6(12-3)4-10-7(11)9(2)5-8-10/h5-6H,4H2,1-3H3. The van der Waals surface area contributed by atoms with Gasteiger partial charge in [0.05, 0.1) is 12.6 Å². The number of aromatic nitrogens is 3. The van der Waals surface area contributed by atoms with Crippen LogP contribution in [0.15, 0.2) is 11.1 Å². The molecule has 1 rings (SSSR count). The van der Waals surface area contributed by atoms with Crippen molar-refractivity contribution < 1.29 is 4.74 Å². The van der Waals surface area contributed by atoms with Gasteiger partial charge in [-0.15, -0.1) is 0 Å². The number of methoxy groups -OCH3 is 1. The first kappa shape index (κ1) is 8.99. The van der Waals surface area contributed by atoms with E-state index in [1.54, 1.807) is 14.2 Å². The van der Waals surface area contributed by atoms with Crippen molar-refractivity contribution in [2.45, 2.75) is 19.6 Å². The predicted octanol–water partition coefficient (Wildman–Crippen LogP) is -0.383. The van der Waals surface area contributed by atoms with Crippen LogP contribution in [0.1, 0.15) is 6.92 Å². The van der Waals surface area contributed by atoms with E-state index in [-0.39, 0.29) is 11.8 Å². The number of hydrogen-bond acceptors (Lipinski definition) is 3. The van der Waals surface area contributed by atoms with Crippen LogP contribution in [0.25, 0.3) is 0 Å². The van der Waals surface area contributed by atoms with Crippen molar-refractivity contribution in [2.24, 2.45) is 7.05 Å². The van der Waals surface area contributed by atoms with Gasteiger partial charge in [-0.25, -0.2) is 9.48 Å². The first-order valence-electron chi connectivity index (χ1n) is 3.76. The molecule has 1 unspecified atom stereocenters. The van der Waals surface area contributed by atoms with E-state index in [1.165, 1.54) is 15.6 Å². The second kappa shape index (κ2) is 3.53. The monoisotopic (exact) mass is 171 g/mol. The summed E-state index contributed by atoms with van der Waals surface area (Å²) in [6.45, 7) is 2.39. The minimum absolute atomic E-state index is 0.0117. The van der Waals surface area contributed by atoms with Crippen LogP contribution >= 0.6 is 0 Å². The van der Waals surface area contributed by atoms with Crippen molar-refractivity contribution in [3.05, 3.63) is 16.8 Å². The molecule has 0 bridgehead atoms. The number of rotatable bonds is 3. The van der Waals surface area contributed by atoms with Crippen molar-refractivity contribution >= 4 is 0 Å². The Morgan fingerprint density at radius 2 is 2.42 bits per heavy atom. The zero-order valence-electron chi connectivity index (χ0n) is 7.52. The molecule has 5 heteroatoms. The third-order valence-corrected chi connectivity index (χ3v) is 1.72. The molecule has 1 aromatic heterocycles. The smallest absolute Gasteiger partial charge is 0.345 e. The second-order valence-corrected chi connectivity index (χ2v) is 2.75. The van der Waals surface area contributed by atoms with Crippen molar-refractivity contribution in [2.75, 3.05) is 7.11 Å². The minimum atomic E-state index is -0.112. The average Bonchev–Trinajstić information content (AvgIpc) is 2.36. The second-order valence-electron chi connectivity index (χ2n) is 2.75. The first-order chi connectivity index (χ1) is 5.65. The van der Waals surface area contributed by atoms with E-state index in [0.717, 1.165) is 0 Å². The summed E-state index contributed by atoms with van der Waals surface area (Å²) in [5, 5.41) is 3.89. The van der Waals surface area contributed by atoms with E-state index >= 15 is 0 Å². The molecule has 1 aromatic rings. The van der Waals surface area contributed by atoms with Crippen LogP contribution < -0.4 is 5.69 Å². The molecule has 68 valence electrons. The lowest BCUT2D eigenvalue weighted by atomic mass is 10.4. The lowest BCUT2D eigenvalue weighted by molar-refractivity contribution is 0.0986. The topological polar surface area (TPSA) is 49.0 Å². The third kappa shape index (κ3) is 1.73. The molecule has 0 aromatic carbocycles. The Balaban J connectivity index is 2.76. The van der Waals surface area contributed by atoms with Crippen LogP contribution in [-0.4, -0.2) is 27.6 Å². The van der Waals surface area contributed by atoms with Crippen LogP contribution in [0, 0.1) is 0 Å². The zero-order chi connectivity index (χ0) is 9.14. The van der Waals surface area contributed by atoms with Gasteiger partial charge in [0.25, 0.3) is 0 Å². The normalized spacial score (nSPS) is 13.2. The van der Waals surface area contributed by atoms with Gasteiger partial charge < -0.3 is 4.74 Å². The summed E-state index contributed by atoms with van der Waals surface area (Å²) in [5.41, 5.74) is -0.112. The molecule has 0 N–H and O–H groups in total. The number of ether oxygens (including phenoxy) is 1. The molecule has 0 aliphatic carbocycles. The highest BCUT2D eigenvalue weighted by Gasteiger charge is 2.05. The van der Waals surface area contributed by atoms with Crippen molar-refractivity contribution in [3.63, 3.8) is 0 Å². The van der Waals surface area contributed by atoms with E-state index in [1.807, 2.05) is 6.92 Å². The summed E-state index contributed by atoms with van der Waals surface area (Å²) in [5.74, 6) is 0. The fourth-order valence-electron chi connectivity index (χ4n) is 0.864. The molecule has 1 heterocycles. The van der Waals surface area contributed by atoms with Crippen LogP contribution in [0.2, 0.25) is 0 Å². The quantitative estimate of drug-likeness (QED) is 0.622.